The molecular formula is C13H18BrNO2. The first-order valence-electron chi connectivity index (χ1n) is 6.11. The summed E-state index contributed by atoms with van der Waals surface area (Å²) in [5.74, 6) is 1.28. The van der Waals surface area contributed by atoms with Crippen LogP contribution in [-0.4, -0.2) is 11.9 Å². The predicted octanol–water partition coefficient (Wildman–Crippen LogP) is 3.60. The number of amides is 1. The van der Waals surface area contributed by atoms with Crippen molar-refractivity contribution in [3.05, 3.63) is 22.6 Å². The molecule has 0 saturated heterocycles. The van der Waals surface area contributed by atoms with Crippen molar-refractivity contribution < 1.29 is 9.21 Å². The molecule has 2 rings (SSSR count). The smallest absolute Gasteiger partial charge is 0.255 e. The molecule has 0 bridgehead atoms. The van der Waals surface area contributed by atoms with Gasteiger partial charge in [-0.15, -0.1) is 0 Å². The van der Waals surface area contributed by atoms with Crippen molar-refractivity contribution in [1.29, 1.82) is 0 Å². The third-order valence-electron chi connectivity index (χ3n) is 3.61. The molecule has 1 aromatic heterocycles. The van der Waals surface area contributed by atoms with Gasteiger partial charge in [0.1, 0.15) is 0 Å². The van der Waals surface area contributed by atoms with Crippen molar-refractivity contribution >= 4 is 21.8 Å². The molecule has 3 atom stereocenters. The number of halogens is 1. The zero-order valence-electron chi connectivity index (χ0n) is 10.2. The van der Waals surface area contributed by atoms with Crippen molar-refractivity contribution in [1.82, 2.24) is 5.32 Å². The first kappa shape index (κ1) is 12.7. The number of hydrogen-bond acceptors (Lipinski definition) is 2. The molecule has 17 heavy (non-hydrogen) atoms. The summed E-state index contributed by atoms with van der Waals surface area (Å²) < 4.78 is 5.58. The summed E-state index contributed by atoms with van der Waals surface area (Å²) >= 11 is 3.23. The molecule has 3 unspecified atom stereocenters. The van der Waals surface area contributed by atoms with E-state index in [0.717, 1.165) is 12.3 Å². The molecule has 1 amide bonds. The molecule has 1 saturated carbocycles. The molecule has 4 heteroatoms. The van der Waals surface area contributed by atoms with E-state index < -0.39 is 0 Å². The van der Waals surface area contributed by atoms with E-state index in [4.69, 9.17) is 4.42 Å². The summed E-state index contributed by atoms with van der Waals surface area (Å²) in [5.41, 5.74) is 0.579. The monoisotopic (exact) mass is 299 g/mol. The van der Waals surface area contributed by atoms with Crippen LogP contribution in [0, 0.1) is 11.8 Å². The van der Waals surface area contributed by atoms with Crippen LogP contribution >= 0.6 is 15.9 Å². The molecule has 0 aliphatic heterocycles. The van der Waals surface area contributed by atoms with E-state index >= 15 is 0 Å². The minimum absolute atomic E-state index is 0.0444. The van der Waals surface area contributed by atoms with Crippen LogP contribution in [0.3, 0.4) is 0 Å². The fraction of sp³-hybridized carbons (Fsp3) is 0.615. The van der Waals surface area contributed by atoms with Crippen LogP contribution in [0.5, 0.6) is 0 Å². The maximum absolute atomic E-state index is 12.0. The number of furan rings is 1. The Morgan fingerprint density at radius 2 is 2.24 bits per heavy atom. The maximum Gasteiger partial charge on any atom is 0.255 e. The SMILES string of the molecule is CC1CCC(NC(=O)c2ccoc2Br)C(C)C1. The first-order chi connectivity index (χ1) is 8.08. The average molecular weight is 300 g/mol. The van der Waals surface area contributed by atoms with Gasteiger partial charge in [-0.2, -0.15) is 0 Å². The van der Waals surface area contributed by atoms with Gasteiger partial charge in [0.05, 0.1) is 11.8 Å². The lowest BCUT2D eigenvalue weighted by Crippen LogP contribution is -2.42. The second-order valence-corrected chi connectivity index (χ2v) is 5.80. The van der Waals surface area contributed by atoms with Gasteiger partial charge in [0.2, 0.25) is 0 Å². The molecule has 94 valence electrons. The fourth-order valence-corrected chi connectivity index (χ4v) is 3.00. The van der Waals surface area contributed by atoms with Gasteiger partial charge < -0.3 is 9.73 Å². The van der Waals surface area contributed by atoms with E-state index in [1.165, 1.54) is 19.1 Å². The second kappa shape index (κ2) is 5.25. The van der Waals surface area contributed by atoms with E-state index in [9.17, 15) is 4.79 Å². The zero-order valence-corrected chi connectivity index (χ0v) is 11.8. The summed E-state index contributed by atoms with van der Waals surface area (Å²) in [5, 5.41) is 3.10. The summed E-state index contributed by atoms with van der Waals surface area (Å²) in [6, 6.07) is 1.98. The summed E-state index contributed by atoms with van der Waals surface area (Å²) in [6.45, 7) is 4.49. The fourth-order valence-electron chi connectivity index (χ4n) is 2.58. The lowest BCUT2D eigenvalue weighted by Gasteiger charge is -2.33. The lowest BCUT2D eigenvalue weighted by molar-refractivity contribution is 0.0898. The van der Waals surface area contributed by atoms with Crippen molar-refractivity contribution in [2.75, 3.05) is 0 Å². The summed E-state index contributed by atoms with van der Waals surface area (Å²) in [4.78, 5) is 12.0. The van der Waals surface area contributed by atoms with Gasteiger partial charge >= 0.3 is 0 Å². The van der Waals surface area contributed by atoms with Crippen LogP contribution in [0.4, 0.5) is 0 Å². The highest BCUT2D eigenvalue weighted by Gasteiger charge is 2.27. The van der Waals surface area contributed by atoms with E-state index in [0.29, 0.717) is 22.2 Å². The van der Waals surface area contributed by atoms with Gasteiger partial charge in [0.25, 0.3) is 5.91 Å². The van der Waals surface area contributed by atoms with Crippen LogP contribution < -0.4 is 5.32 Å². The number of hydrogen-bond donors (Lipinski definition) is 1. The van der Waals surface area contributed by atoms with Gasteiger partial charge in [-0.25, -0.2) is 0 Å². The number of rotatable bonds is 2. The lowest BCUT2D eigenvalue weighted by atomic mass is 9.80. The van der Waals surface area contributed by atoms with E-state index in [1.807, 2.05) is 0 Å². The molecule has 3 nitrogen and oxygen atoms in total. The quantitative estimate of drug-likeness (QED) is 0.907. The van der Waals surface area contributed by atoms with E-state index in [2.05, 4.69) is 35.1 Å². The molecule has 0 radical (unpaired) electrons. The largest absolute Gasteiger partial charge is 0.457 e. The number of nitrogens with one attached hydrogen (secondary N) is 1. The first-order valence-corrected chi connectivity index (χ1v) is 6.91. The van der Waals surface area contributed by atoms with Gasteiger partial charge in [-0.05, 0) is 53.1 Å². The minimum atomic E-state index is -0.0444. The molecule has 1 heterocycles. The molecular weight excluding hydrogens is 282 g/mol. The maximum atomic E-state index is 12.0. The van der Waals surface area contributed by atoms with Crippen LogP contribution in [-0.2, 0) is 0 Å². The predicted molar refractivity (Wildman–Crippen MR) is 69.8 cm³/mol. The topological polar surface area (TPSA) is 42.2 Å². The van der Waals surface area contributed by atoms with Gasteiger partial charge in [0.15, 0.2) is 4.67 Å². The zero-order chi connectivity index (χ0) is 12.4. The van der Waals surface area contributed by atoms with E-state index in [1.54, 1.807) is 6.07 Å². The Bertz CT molecular complexity index is 402. The Balaban J connectivity index is 1.97. The van der Waals surface area contributed by atoms with E-state index in [-0.39, 0.29) is 5.91 Å². The molecule has 0 aromatic carbocycles. The summed E-state index contributed by atoms with van der Waals surface area (Å²) in [7, 11) is 0. The van der Waals surface area contributed by atoms with Crippen molar-refractivity contribution in [2.24, 2.45) is 11.8 Å². The van der Waals surface area contributed by atoms with Crippen molar-refractivity contribution in [3.63, 3.8) is 0 Å². The Kier molecular flexibility index (Phi) is 3.92. The van der Waals surface area contributed by atoms with Crippen LogP contribution in [0.15, 0.2) is 21.4 Å². The van der Waals surface area contributed by atoms with Crippen LogP contribution in [0.1, 0.15) is 43.5 Å². The Morgan fingerprint density at radius 1 is 1.47 bits per heavy atom. The highest BCUT2D eigenvalue weighted by Crippen LogP contribution is 2.29. The van der Waals surface area contributed by atoms with Crippen molar-refractivity contribution in [3.8, 4) is 0 Å². The Morgan fingerprint density at radius 3 is 2.82 bits per heavy atom. The highest BCUT2D eigenvalue weighted by molar-refractivity contribution is 9.10. The standard InChI is InChI=1S/C13H18BrNO2/c1-8-3-4-11(9(2)7-8)15-13(16)10-5-6-17-12(10)14/h5-6,8-9,11H,3-4,7H2,1-2H3,(H,15,16). The third kappa shape index (κ3) is 2.92. The van der Waals surface area contributed by atoms with Gasteiger partial charge in [-0.1, -0.05) is 13.8 Å². The normalized spacial score (nSPS) is 29.0. The minimum Gasteiger partial charge on any atom is -0.457 e. The summed E-state index contributed by atoms with van der Waals surface area (Å²) in [6.07, 6.45) is 4.98. The molecule has 1 aromatic rings. The van der Waals surface area contributed by atoms with Gasteiger partial charge in [-0.3, -0.25) is 4.79 Å². The average Bonchev–Trinajstić information content (AvgIpc) is 2.68. The third-order valence-corrected chi connectivity index (χ3v) is 4.22. The molecule has 1 fully saturated rings. The molecule has 0 spiro atoms. The molecule has 1 aliphatic rings. The van der Waals surface area contributed by atoms with Crippen LogP contribution in [0.2, 0.25) is 0 Å². The molecule has 1 N–H and O–H groups in total. The highest BCUT2D eigenvalue weighted by atomic mass is 79.9. The number of carbonyl (C=O) groups excluding carboxylic acids is 1. The van der Waals surface area contributed by atoms with Gasteiger partial charge in [0, 0.05) is 6.04 Å². The van der Waals surface area contributed by atoms with Crippen molar-refractivity contribution in [2.45, 2.75) is 39.2 Å². The Hall–Kier alpha value is -0.770. The Labute approximate surface area is 110 Å². The molecule has 1 aliphatic carbocycles. The second-order valence-electron chi connectivity index (χ2n) is 5.08. The number of carbonyl (C=O) groups is 1. The van der Waals surface area contributed by atoms with Crippen LogP contribution in [0.25, 0.3) is 0 Å².